The molecule has 1 unspecified atom stereocenters. The van der Waals surface area contributed by atoms with E-state index in [4.69, 9.17) is 27.9 Å². The summed E-state index contributed by atoms with van der Waals surface area (Å²) in [5.74, 6) is -0.0903. The molecule has 0 aliphatic rings. The van der Waals surface area contributed by atoms with Gasteiger partial charge in [0.25, 0.3) is 5.91 Å². The summed E-state index contributed by atoms with van der Waals surface area (Å²) < 4.78 is 4.93. The first-order chi connectivity index (χ1) is 8.58. The van der Waals surface area contributed by atoms with Gasteiger partial charge in [0.15, 0.2) is 0 Å². The number of carbonyl (C=O) groups is 1. The summed E-state index contributed by atoms with van der Waals surface area (Å²) in [5.41, 5.74) is 0.226. The topological polar surface area (TPSA) is 58.6 Å². The molecular weight excluding hydrogens is 277 g/mol. The van der Waals surface area contributed by atoms with Gasteiger partial charge in [0, 0.05) is 25.6 Å². The minimum Gasteiger partial charge on any atom is -0.508 e. The molecule has 0 fully saturated rings. The summed E-state index contributed by atoms with van der Waals surface area (Å²) in [4.78, 5) is 11.9. The molecule has 1 atom stereocenters. The van der Waals surface area contributed by atoms with Crippen LogP contribution in [0.4, 0.5) is 0 Å². The van der Waals surface area contributed by atoms with Crippen molar-refractivity contribution in [1.82, 2.24) is 5.32 Å². The molecule has 0 saturated heterocycles. The van der Waals surface area contributed by atoms with Gasteiger partial charge in [0.2, 0.25) is 0 Å². The first-order valence-corrected chi connectivity index (χ1v) is 6.34. The number of phenols is 1. The Morgan fingerprint density at radius 2 is 2.28 bits per heavy atom. The first kappa shape index (κ1) is 15.1. The van der Waals surface area contributed by atoms with Crippen LogP contribution in [0.25, 0.3) is 0 Å². The predicted molar refractivity (Wildman–Crippen MR) is 71.6 cm³/mol. The van der Waals surface area contributed by atoms with Gasteiger partial charge in [0.05, 0.1) is 10.6 Å². The molecule has 0 spiro atoms. The zero-order valence-corrected chi connectivity index (χ0v) is 11.5. The Hall–Kier alpha value is -0.970. The number of halogens is 2. The van der Waals surface area contributed by atoms with Crippen molar-refractivity contribution in [2.24, 2.45) is 0 Å². The second-order valence-corrected chi connectivity index (χ2v) is 4.49. The van der Waals surface area contributed by atoms with Crippen LogP contribution in [0.5, 0.6) is 5.75 Å². The van der Waals surface area contributed by atoms with Gasteiger partial charge in [0.1, 0.15) is 5.75 Å². The highest BCUT2D eigenvalue weighted by atomic mass is 35.5. The highest BCUT2D eigenvalue weighted by Gasteiger charge is 2.15. The first-order valence-electron chi connectivity index (χ1n) is 5.42. The van der Waals surface area contributed by atoms with Crippen molar-refractivity contribution >= 4 is 29.1 Å². The van der Waals surface area contributed by atoms with E-state index < -0.39 is 0 Å². The van der Waals surface area contributed by atoms with Crippen molar-refractivity contribution in [1.29, 1.82) is 0 Å². The summed E-state index contributed by atoms with van der Waals surface area (Å²) in [5, 5.41) is 12.4. The van der Waals surface area contributed by atoms with Crippen LogP contribution in [-0.4, -0.2) is 36.7 Å². The highest BCUT2D eigenvalue weighted by Crippen LogP contribution is 2.21. The van der Waals surface area contributed by atoms with Crippen LogP contribution in [0.3, 0.4) is 0 Å². The second-order valence-electron chi connectivity index (χ2n) is 3.77. The number of ether oxygens (including phenoxy) is 1. The lowest BCUT2D eigenvalue weighted by molar-refractivity contribution is 0.0930. The molecule has 0 bridgehead atoms. The van der Waals surface area contributed by atoms with E-state index in [0.717, 1.165) is 0 Å². The van der Waals surface area contributed by atoms with Crippen LogP contribution in [-0.2, 0) is 4.74 Å². The molecule has 0 radical (unpaired) electrons. The maximum absolute atomic E-state index is 11.9. The van der Waals surface area contributed by atoms with Gasteiger partial charge in [-0.3, -0.25) is 4.79 Å². The van der Waals surface area contributed by atoms with E-state index in [1.165, 1.54) is 18.2 Å². The normalized spacial score (nSPS) is 12.2. The second kappa shape index (κ2) is 7.46. The van der Waals surface area contributed by atoms with E-state index in [9.17, 15) is 9.90 Å². The van der Waals surface area contributed by atoms with E-state index in [0.29, 0.717) is 13.0 Å². The number of hydrogen-bond acceptors (Lipinski definition) is 3. The maximum Gasteiger partial charge on any atom is 0.253 e. The fraction of sp³-hybridized carbons (Fsp3) is 0.417. The smallest absolute Gasteiger partial charge is 0.253 e. The van der Waals surface area contributed by atoms with Crippen molar-refractivity contribution in [3.63, 3.8) is 0 Å². The third kappa shape index (κ3) is 4.37. The highest BCUT2D eigenvalue weighted by molar-refractivity contribution is 6.33. The fourth-order valence-corrected chi connectivity index (χ4v) is 1.83. The standard InChI is InChI=1S/C12H15Cl2NO3/c1-18-5-4-8(7-13)15-12(17)10-6-9(16)2-3-11(10)14/h2-3,6,8,16H,4-5,7H2,1H3,(H,15,17). The average Bonchev–Trinajstić information content (AvgIpc) is 2.37. The minimum atomic E-state index is -0.363. The molecule has 0 aromatic heterocycles. The van der Waals surface area contributed by atoms with Crippen LogP contribution in [0.15, 0.2) is 18.2 Å². The number of phenolic OH excluding ortho intramolecular Hbond substituents is 1. The number of methoxy groups -OCH3 is 1. The Morgan fingerprint density at radius 3 is 2.89 bits per heavy atom. The molecule has 0 aliphatic carbocycles. The van der Waals surface area contributed by atoms with Crippen molar-refractivity contribution in [2.45, 2.75) is 12.5 Å². The third-order valence-electron chi connectivity index (χ3n) is 2.39. The van der Waals surface area contributed by atoms with E-state index in [1.54, 1.807) is 7.11 Å². The molecule has 1 amide bonds. The van der Waals surface area contributed by atoms with Gasteiger partial charge in [-0.05, 0) is 24.6 Å². The molecule has 0 aliphatic heterocycles. The third-order valence-corrected chi connectivity index (χ3v) is 3.09. The lowest BCUT2D eigenvalue weighted by Gasteiger charge is -2.16. The molecule has 2 N–H and O–H groups in total. The van der Waals surface area contributed by atoms with Crippen LogP contribution in [0.2, 0.25) is 5.02 Å². The molecule has 100 valence electrons. The predicted octanol–water partition coefficient (Wildman–Crippen LogP) is 2.42. The molecule has 0 heterocycles. The van der Waals surface area contributed by atoms with E-state index >= 15 is 0 Å². The summed E-state index contributed by atoms with van der Waals surface area (Å²) >= 11 is 11.6. The van der Waals surface area contributed by atoms with Gasteiger partial charge < -0.3 is 15.2 Å². The van der Waals surface area contributed by atoms with Gasteiger partial charge in [-0.15, -0.1) is 11.6 Å². The van der Waals surface area contributed by atoms with Crippen LogP contribution < -0.4 is 5.32 Å². The van der Waals surface area contributed by atoms with Crippen LogP contribution >= 0.6 is 23.2 Å². The molecule has 1 aromatic rings. The SMILES string of the molecule is COCCC(CCl)NC(=O)c1cc(O)ccc1Cl. The monoisotopic (exact) mass is 291 g/mol. The lowest BCUT2D eigenvalue weighted by Crippen LogP contribution is -2.37. The molecule has 4 nitrogen and oxygen atoms in total. The summed E-state index contributed by atoms with van der Waals surface area (Å²) in [6.07, 6.45) is 0.613. The molecule has 1 aromatic carbocycles. The van der Waals surface area contributed by atoms with Crippen LogP contribution in [0, 0.1) is 0 Å². The van der Waals surface area contributed by atoms with E-state index in [1.807, 2.05) is 0 Å². The number of hydrogen-bond donors (Lipinski definition) is 2. The number of alkyl halides is 1. The van der Waals surface area contributed by atoms with Gasteiger partial charge >= 0.3 is 0 Å². The maximum atomic E-state index is 11.9. The zero-order chi connectivity index (χ0) is 13.5. The van der Waals surface area contributed by atoms with E-state index in [-0.39, 0.29) is 34.2 Å². The molecule has 6 heteroatoms. The largest absolute Gasteiger partial charge is 0.508 e. The van der Waals surface area contributed by atoms with Gasteiger partial charge in [-0.25, -0.2) is 0 Å². The summed E-state index contributed by atoms with van der Waals surface area (Å²) in [6, 6.07) is 4.01. The summed E-state index contributed by atoms with van der Waals surface area (Å²) in [7, 11) is 1.58. The Kier molecular flexibility index (Phi) is 6.25. The quantitative estimate of drug-likeness (QED) is 0.792. The molecular formula is C12H15Cl2NO3. The average molecular weight is 292 g/mol. The minimum absolute atomic E-state index is 0.0103. The number of aromatic hydroxyl groups is 1. The van der Waals surface area contributed by atoms with Gasteiger partial charge in [-0.1, -0.05) is 11.6 Å². The number of amides is 1. The fourth-order valence-electron chi connectivity index (χ4n) is 1.40. The molecule has 0 saturated carbocycles. The zero-order valence-electron chi connectivity index (χ0n) is 9.95. The van der Waals surface area contributed by atoms with Crippen molar-refractivity contribution in [3.8, 4) is 5.75 Å². The Morgan fingerprint density at radius 1 is 1.56 bits per heavy atom. The molecule has 1 rings (SSSR count). The number of nitrogens with one attached hydrogen (secondary N) is 1. The molecule has 18 heavy (non-hydrogen) atoms. The lowest BCUT2D eigenvalue weighted by atomic mass is 10.1. The number of rotatable bonds is 6. The van der Waals surface area contributed by atoms with Crippen molar-refractivity contribution in [2.75, 3.05) is 19.6 Å². The summed E-state index contributed by atoms with van der Waals surface area (Å²) in [6.45, 7) is 0.505. The Labute approximate surface area is 116 Å². The van der Waals surface area contributed by atoms with Crippen molar-refractivity contribution in [3.05, 3.63) is 28.8 Å². The number of benzene rings is 1. The van der Waals surface area contributed by atoms with Gasteiger partial charge in [-0.2, -0.15) is 0 Å². The van der Waals surface area contributed by atoms with E-state index in [2.05, 4.69) is 5.32 Å². The van der Waals surface area contributed by atoms with Crippen molar-refractivity contribution < 1.29 is 14.6 Å². The number of carbonyl (C=O) groups excluding carboxylic acids is 1. The Bertz CT molecular complexity index is 412. The van der Waals surface area contributed by atoms with Crippen LogP contribution in [0.1, 0.15) is 16.8 Å². The Balaban J connectivity index is 2.71.